The number of hydrogen-bond donors (Lipinski definition) is 2. The molecule has 0 spiro atoms. The molecule has 0 saturated heterocycles. The second kappa shape index (κ2) is 5.13. The largest absolute Gasteiger partial charge is 0.398 e. The van der Waals surface area contributed by atoms with E-state index in [0.29, 0.717) is 16.9 Å². The lowest BCUT2D eigenvalue weighted by Gasteiger charge is -2.13. The van der Waals surface area contributed by atoms with Crippen molar-refractivity contribution in [1.82, 2.24) is 0 Å². The number of nitrogens with one attached hydrogen (secondary N) is 1. The molecule has 0 aliphatic rings. The molecule has 0 bridgehead atoms. The van der Waals surface area contributed by atoms with Gasteiger partial charge in [0.2, 0.25) is 0 Å². The van der Waals surface area contributed by atoms with Gasteiger partial charge in [0.1, 0.15) is 5.82 Å². The molecule has 0 aromatic heterocycles. The Balaban J connectivity index is 2.43. The van der Waals surface area contributed by atoms with Gasteiger partial charge in [-0.3, -0.25) is 4.72 Å². The average Bonchev–Trinajstić information content (AvgIpc) is 2.36. The highest BCUT2D eigenvalue weighted by Crippen LogP contribution is 2.25. The zero-order valence-corrected chi connectivity index (χ0v) is 12.0. The van der Waals surface area contributed by atoms with Crippen molar-refractivity contribution in [2.45, 2.75) is 18.7 Å². The summed E-state index contributed by atoms with van der Waals surface area (Å²) in [6.45, 7) is 3.42. The van der Waals surface area contributed by atoms with Gasteiger partial charge in [-0.2, -0.15) is 0 Å². The van der Waals surface area contributed by atoms with E-state index in [1.165, 1.54) is 24.3 Å². The lowest BCUT2D eigenvalue weighted by Crippen LogP contribution is -2.15. The molecule has 0 saturated carbocycles. The molecular weight excluding hydrogens is 279 g/mol. The van der Waals surface area contributed by atoms with E-state index in [2.05, 4.69) is 4.72 Å². The lowest BCUT2D eigenvalue weighted by molar-refractivity contribution is 0.600. The molecular formula is C14H15FN2O2S. The fraction of sp³-hybridized carbons (Fsp3) is 0.143. The molecule has 0 amide bonds. The lowest BCUT2D eigenvalue weighted by atomic mass is 10.1. The molecule has 106 valence electrons. The second-order valence-corrected chi connectivity index (χ2v) is 6.24. The van der Waals surface area contributed by atoms with Crippen molar-refractivity contribution in [3.63, 3.8) is 0 Å². The van der Waals surface area contributed by atoms with Crippen LogP contribution in [0.25, 0.3) is 0 Å². The number of sulfonamides is 1. The van der Waals surface area contributed by atoms with Crippen molar-refractivity contribution >= 4 is 21.4 Å². The van der Waals surface area contributed by atoms with E-state index >= 15 is 0 Å². The summed E-state index contributed by atoms with van der Waals surface area (Å²) in [6.07, 6.45) is 0. The van der Waals surface area contributed by atoms with Crippen molar-refractivity contribution in [3.8, 4) is 0 Å². The van der Waals surface area contributed by atoms with Gasteiger partial charge in [0.25, 0.3) is 10.0 Å². The number of nitrogen functional groups attached to an aromatic ring is 1. The summed E-state index contributed by atoms with van der Waals surface area (Å²) in [5.41, 5.74) is 7.76. The number of rotatable bonds is 3. The first-order chi connectivity index (χ1) is 9.29. The maximum absolute atomic E-state index is 12.8. The SMILES string of the molecule is Cc1cc(N)c(C)c(S(=O)(=O)Nc2ccc(F)cc2)c1. The molecule has 0 radical (unpaired) electrons. The molecule has 0 atom stereocenters. The van der Waals surface area contributed by atoms with E-state index < -0.39 is 15.8 Å². The van der Waals surface area contributed by atoms with Crippen molar-refractivity contribution in [3.05, 3.63) is 53.3 Å². The fourth-order valence-corrected chi connectivity index (χ4v) is 3.28. The highest BCUT2D eigenvalue weighted by molar-refractivity contribution is 7.92. The predicted molar refractivity (Wildman–Crippen MR) is 77.5 cm³/mol. The van der Waals surface area contributed by atoms with E-state index in [1.807, 2.05) is 0 Å². The number of nitrogens with two attached hydrogens (primary N) is 1. The third-order valence-corrected chi connectivity index (χ3v) is 4.44. The van der Waals surface area contributed by atoms with Gasteiger partial charge < -0.3 is 5.73 Å². The van der Waals surface area contributed by atoms with Crippen LogP contribution in [0.5, 0.6) is 0 Å². The number of aryl methyl sites for hydroxylation is 1. The zero-order chi connectivity index (χ0) is 14.9. The molecule has 20 heavy (non-hydrogen) atoms. The van der Waals surface area contributed by atoms with E-state index in [1.54, 1.807) is 26.0 Å². The molecule has 0 fully saturated rings. The Bertz CT molecular complexity index is 741. The van der Waals surface area contributed by atoms with Crippen LogP contribution < -0.4 is 10.5 Å². The van der Waals surface area contributed by atoms with Crippen LogP contribution in [0.3, 0.4) is 0 Å². The minimum absolute atomic E-state index is 0.124. The first-order valence-electron chi connectivity index (χ1n) is 5.95. The van der Waals surface area contributed by atoms with Gasteiger partial charge in [-0.15, -0.1) is 0 Å². The Morgan fingerprint density at radius 1 is 1.10 bits per heavy atom. The van der Waals surface area contributed by atoms with Crippen LogP contribution in [-0.4, -0.2) is 8.42 Å². The molecule has 6 heteroatoms. The summed E-state index contributed by atoms with van der Waals surface area (Å²) in [4.78, 5) is 0.124. The van der Waals surface area contributed by atoms with Crippen LogP contribution in [0.1, 0.15) is 11.1 Å². The van der Waals surface area contributed by atoms with Crippen LogP contribution in [0, 0.1) is 19.7 Å². The highest BCUT2D eigenvalue weighted by Gasteiger charge is 2.18. The standard InChI is InChI=1S/C14H15FN2O2S/c1-9-7-13(16)10(2)14(8-9)20(18,19)17-12-5-3-11(15)4-6-12/h3-8,17H,16H2,1-2H3. The first kappa shape index (κ1) is 14.3. The van der Waals surface area contributed by atoms with Gasteiger partial charge in [0, 0.05) is 11.4 Å². The van der Waals surface area contributed by atoms with Gasteiger partial charge in [0.15, 0.2) is 0 Å². The number of hydrogen-bond acceptors (Lipinski definition) is 3. The van der Waals surface area contributed by atoms with Crippen LogP contribution in [0.2, 0.25) is 0 Å². The Morgan fingerprint density at radius 2 is 1.70 bits per heavy atom. The molecule has 0 aliphatic carbocycles. The van der Waals surface area contributed by atoms with Crippen LogP contribution in [-0.2, 0) is 10.0 Å². The Morgan fingerprint density at radius 3 is 2.30 bits per heavy atom. The number of benzene rings is 2. The van der Waals surface area contributed by atoms with Gasteiger partial charge >= 0.3 is 0 Å². The van der Waals surface area contributed by atoms with Crippen LogP contribution in [0.4, 0.5) is 15.8 Å². The summed E-state index contributed by atoms with van der Waals surface area (Å²) in [5.74, 6) is -0.427. The highest BCUT2D eigenvalue weighted by atomic mass is 32.2. The summed E-state index contributed by atoms with van der Waals surface area (Å²) >= 11 is 0. The second-order valence-electron chi connectivity index (χ2n) is 4.59. The van der Waals surface area contributed by atoms with Crippen molar-refractivity contribution in [2.75, 3.05) is 10.5 Å². The maximum Gasteiger partial charge on any atom is 0.262 e. The van der Waals surface area contributed by atoms with Crippen molar-refractivity contribution in [2.24, 2.45) is 0 Å². The smallest absolute Gasteiger partial charge is 0.262 e. The Kier molecular flexibility index (Phi) is 3.67. The van der Waals surface area contributed by atoms with E-state index in [0.717, 1.165) is 5.56 Å². The Labute approximate surface area is 117 Å². The van der Waals surface area contributed by atoms with Gasteiger partial charge in [-0.1, -0.05) is 0 Å². The minimum Gasteiger partial charge on any atom is -0.398 e. The van der Waals surface area contributed by atoms with E-state index in [4.69, 9.17) is 5.73 Å². The third kappa shape index (κ3) is 2.91. The van der Waals surface area contributed by atoms with Crippen molar-refractivity contribution < 1.29 is 12.8 Å². The first-order valence-corrected chi connectivity index (χ1v) is 7.43. The number of halogens is 1. The molecule has 0 unspecified atom stereocenters. The number of anilines is 2. The summed E-state index contributed by atoms with van der Waals surface area (Å²) in [5, 5.41) is 0. The van der Waals surface area contributed by atoms with Gasteiger partial charge in [0.05, 0.1) is 4.90 Å². The van der Waals surface area contributed by atoms with E-state index in [-0.39, 0.29) is 4.90 Å². The third-order valence-electron chi connectivity index (χ3n) is 2.93. The molecule has 2 aromatic carbocycles. The van der Waals surface area contributed by atoms with Gasteiger partial charge in [-0.25, -0.2) is 12.8 Å². The molecule has 2 aromatic rings. The van der Waals surface area contributed by atoms with Crippen LogP contribution >= 0.6 is 0 Å². The van der Waals surface area contributed by atoms with Crippen LogP contribution in [0.15, 0.2) is 41.3 Å². The quantitative estimate of drug-likeness (QED) is 0.855. The molecule has 4 nitrogen and oxygen atoms in total. The summed E-state index contributed by atoms with van der Waals surface area (Å²) in [6, 6.07) is 8.37. The minimum atomic E-state index is -3.75. The molecule has 0 heterocycles. The topological polar surface area (TPSA) is 72.2 Å². The summed E-state index contributed by atoms with van der Waals surface area (Å²) in [7, 11) is -3.75. The monoisotopic (exact) mass is 294 g/mol. The Hall–Kier alpha value is -2.08. The maximum atomic E-state index is 12.8. The average molecular weight is 294 g/mol. The summed E-state index contributed by atoms with van der Waals surface area (Å²) < 4.78 is 39.9. The predicted octanol–water partition coefficient (Wildman–Crippen LogP) is 2.83. The molecule has 2 rings (SSSR count). The van der Waals surface area contributed by atoms with Crippen molar-refractivity contribution in [1.29, 1.82) is 0 Å². The molecule has 0 aliphatic heterocycles. The molecule has 3 N–H and O–H groups in total. The fourth-order valence-electron chi connectivity index (χ4n) is 1.86. The zero-order valence-electron chi connectivity index (χ0n) is 11.1. The normalized spacial score (nSPS) is 11.3. The van der Waals surface area contributed by atoms with E-state index in [9.17, 15) is 12.8 Å². The van der Waals surface area contributed by atoms with Gasteiger partial charge in [-0.05, 0) is 61.4 Å².